The second kappa shape index (κ2) is 14.6. The number of anilines is 5. The number of fused-ring (bicyclic) bond motifs is 1. The third-order valence-corrected chi connectivity index (χ3v) is 11.5. The van der Waals surface area contributed by atoms with Crippen molar-refractivity contribution in [3.05, 3.63) is 236 Å². The lowest BCUT2D eigenvalue weighted by molar-refractivity contribution is 1.18. The molecule has 0 unspecified atom stereocenters. The van der Waals surface area contributed by atoms with Gasteiger partial charge in [-0.3, -0.25) is 0 Å². The maximum absolute atomic E-state index is 2.45. The highest BCUT2D eigenvalue weighted by Crippen LogP contribution is 2.43. The summed E-state index contributed by atoms with van der Waals surface area (Å²) in [5.74, 6) is 0. The highest BCUT2D eigenvalue weighted by Gasteiger charge is 2.20. The normalized spacial score (nSPS) is 11.7. The molecule has 10 aromatic carbocycles. The van der Waals surface area contributed by atoms with Crippen molar-refractivity contribution in [3.63, 3.8) is 0 Å². The Kier molecular flexibility index (Phi) is 8.49. The molecule has 0 aliphatic rings. The third kappa shape index (κ3) is 6.26. The molecule has 0 spiro atoms. The topological polar surface area (TPSA) is 11.4 Å². The van der Waals surface area contributed by atoms with Gasteiger partial charge in [0.15, 0.2) is 0 Å². The van der Waals surface area contributed by atoms with E-state index in [0.29, 0.717) is 0 Å². The summed E-state index contributed by atoms with van der Waals surface area (Å²) in [6, 6.07) is 80.7. The number of hydrogen-bond acceptors (Lipinski definition) is 2. The molecule has 0 amide bonds. The van der Waals surface area contributed by atoms with Gasteiger partial charge in [-0.2, -0.15) is 0 Å². The van der Waals surface area contributed by atoms with Crippen LogP contribution in [0.2, 0.25) is 0 Å². The van der Waals surface area contributed by atoms with Crippen LogP contribution in [-0.2, 0) is 0 Å². The second-order valence-electron chi connectivity index (χ2n) is 15.1. The Morgan fingerprint density at radius 3 is 1.51 bits per heavy atom. The van der Waals surface area contributed by atoms with E-state index in [1.54, 1.807) is 0 Å². The molecule has 0 saturated carbocycles. The van der Waals surface area contributed by atoms with E-state index in [4.69, 9.17) is 0 Å². The minimum absolute atomic E-state index is 1.11. The zero-order valence-corrected chi connectivity index (χ0v) is 32.4. The van der Waals surface area contributed by atoms with Gasteiger partial charge in [-0.15, -0.1) is 0 Å². The number of benzene rings is 10. The van der Waals surface area contributed by atoms with Gasteiger partial charge in [0.05, 0.1) is 11.0 Å². The molecule has 0 aliphatic carbocycles. The summed E-state index contributed by atoms with van der Waals surface area (Å²) in [5.41, 5.74) is 12.6. The number of rotatable bonds is 9. The highest BCUT2D eigenvalue weighted by molar-refractivity contribution is 6.25. The second-order valence-corrected chi connectivity index (χ2v) is 15.1. The molecule has 11 rings (SSSR count). The summed E-state index contributed by atoms with van der Waals surface area (Å²) in [5, 5.41) is 7.49. The Bertz CT molecular complexity index is 3200. The molecule has 0 saturated heterocycles. The van der Waals surface area contributed by atoms with Crippen molar-refractivity contribution < 1.29 is 0 Å². The van der Waals surface area contributed by atoms with Crippen LogP contribution in [0.5, 0.6) is 0 Å². The van der Waals surface area contributed by atoms with Gasteiger partial charge in [-0.25, -0.2) is 0 Å². The van der Waals surface area contributed by atoms with Crippen LogP contribution in [0.3, 0.4) is 0 Å². The number of nitrogens with zero attached hydrogens (tertiary/aromatic N) is 3. The number of hydrogen-bond donors (Lipinski definition) is 0. The first kappa shape index (κ1) is 34.4. The van der Waals surface area contributed by atoms with Crippen molar-refractivity contribution in [3.8, 4) is 16.8 Å². The minimum atomic E-state index is 1.11. The van der Waals surface area contributed by atoms with Gasteiger partial charge in [-0.1, -0.05) is 127 Å². The fourth-order valence-corrected chi connectivity index (χ4v) is 8.71. The van der Waals surface area contributed by atoms with Crippen LogP contribution >= 0.6 is 0 Å². The molecule has 0 aliphatic heterocycles. The van der Waals surface area contributed by atoms with Crippen LogP contribution in [0.1, 0.15) is 5.56 Å². The highest BCUT2D eigenvalue weighted by atomic mass is 15.1. The Balaban J connectivity index is 1.03. The Morgan fingerprint density at radius 2 is 0.847 bits per heavy atom. The maximum Gasteiger partial charge on any atom is 0.0553 e. The van der Waals surface area contributed by atoms with E-state index in [0.717, 1.165) is 39.7 Å². The van der Waals surface area contributed by atoms with Gasteiger partial charge >= 0.3 is 0 Å². The number of para-hydroxylation sites is 4. The van der Waals surface area contributed by atoms with Gasteiger partial charge in [-0.05, 0) is 141 Å². The molecule has 11 aromatic rings. The van der Waals surface area contributed by atoms with Crippen LogP contribution in [0, 0.1) is 0 Å². The first-order valence-electron chi connectivity index (χ1n) is 20.2. The third-order valence-electron chi connectivity index (χ3n) is 11.5. The van der Waals surface area contributed by atoms with Gasteiger partial charge in [0, 0.05) is 51.1 Å². The van der Waals surface area contributed by atoms with Crippen LogP contribution < -0.4 is 9.80 Å². The van der Waals surface area contributed by atoms with Crippen molar-refractivity contribution in [1.82, 2.24) is 4.57 Å². The van der Waals surface area contributed by atoms with Gasteiger partial charge < -0.3 is 14.4 Å². The van der Waals surface area contributed by atoms with Crippen molar-refractivity contribution in [2.24, 2.45) is 0 Å². The van der Waals surface area contributed by atoms with Crippen molar-refractivity contribution in [1.29, 1.82) is 0 Å². The van der Waals surface area contributed by atoms with Crippen molar-refractivity contribution in [2.45, 2.75) is 0 Å². The fraction of sp³-hybridized carbons (Fsp3) is 0. The van der Waals surface area contributed by atoms with E-state index in [2.05, 4.69) is 251 Å². The summed E-state index contributed by atoms with van der Waals surface area (Å²) in [4.78, 5) is 4.58. The van der Waals surface area contributed by atoms with Gasteiger partial charge in [0.25, 0.3) is 0 Å². The molecule has 0 atom stereocenters. The van der Waals surface area contributed by atoms with Crippen LogP contribution in [0.4, 0.5) is 28.4 Å². The summed E-state index contributed by atoms with van der Waals surface area (Å²) in [7, 11) is 0. The summed E-state index contributed by atoms with van der Waals surface area (Å²) >= 11 is 0. The minimum Gasteiger partial charge on any atom is -0.317 e. The molecule has 0 radical (unpaired) electrons. The lowest BCUT2D eigenvalue weighted by Gasteiger charge is -2.25. The standard InChI is InChI=1S/C56H39N3/c1-5-17-47(18-6-1)57(52-32-29-41-15-13-14-16-43(41)38-52)34-33-40-35-44-25-26-45-37-46(39-54-56(45)55(44)53(36-40)59(54)50-23-11-4-12-24-50)42-27-30-51(31-28-42)58(48-19-7-2-8-20-48)49-21-9-3-10-22-49/h1-39H/b34-33+. The SMILES string of the molecule is C(=C\N(c1ccccc1)c1ccc2ccccc2c1)/c1cc2ccc3cc(-c4ccc(N(c5ccccc5)c5ccccc5)cc4)cc4c3c2c(c1)n4-c1ccccc1. The maximum atomic E-state index is 2.45. The van der Waals surface area contributed by atoms with E-state index in [-0.39, 0.29) is 0 Å². The van der Waals surface area contributed by atoms with E-state index in [1.165, 1.54) is 54.5 Å². The van der Waals surface area contributed by atoms with E-state index >= 15 is 0 Å². The quantitative estimate of drug-likeness (QED) is 0.136. The lowest BCUT2D eigenvalue weighted by Crippen LogP contribution is -2.09. The summed E-state index contributed by atoms with van der Waals surface area (Å²) < 4.78 is 2.45. The zero-order chi connectivity index (χ0) is 39.1. The molecular weight excluding hydrogens is 715 g/mol. The van der Waals surface area contributed by atoms with Crippen LogP contribution in [0.25, 0.3) is 66.2 Å². The summed E-state index contributed by atoms with van der Waals surface area (Å²) in [6.45, 7) is 0. The van der Waals surface area contributed by atoms with Crippen molar-refractivity contribution in [2.75, 3.05) is 9.80 Å². The monoisotopic (exact) mass is 753 g/mol. The molecule has 59 heavy (non-hydrogen) atoms. The van der Waals surface area contributed by atoms with E-state index in [1.807, 2.05) is 0 Å². The van der Waals surface area contributed by atoms with Crippen LogP contribution in [-0.4, -0.2) is 4.57 Å². The molecule has 3 nitrogen and oxygen atoms in total. The summed E-state index contributed by atoms with van der Waals surface area (Å²) in [6.07, 6.45) is 4.45. The Labute approximate surface area is 343 Å². The number of aromatic nitrogens is 1. The first-order valence-corrected chi connectivity index (χ1v) is 20.2. The van der Waals surface area contributed by atoms with Crippen LogP contribution in [0.15, 0.2) is 231 Å². The van der Waals surface area contributed by atoms with E-state index < -0.39 is 0 Å². The molecule has 1 aromatic heterocycles. The zero-order valence-electron chi connectivity index (χ0n) is 32.4. The molecule has 0 N–H and O–H groups in total. The predicted octanol–water partition coefficient (Wildman–Crippen LogP) is 15.5. The molecular formula is C56H39N3. The molecule has 1 heterocycles. The molecule has 3 heteroatoms. The Hall–Kier alpha value is -7.88. The fourth-order valence-electron chi connectivity index (χ4n) is 8.71. The average molecular weight is 754 g/mol. The van der Waals surface area contributed by atoms with Gasteiger partial charge in [0.1, 0.15) is 0 Å². The predicted molar refractivity (Wildman–Crippen MR) is 251 cm³/mol. The molecule has 0 fully saturated rings. The van der Waals surface area contributed by atoms with Crippen molar-refractivity contribution >= 4 is 77.9 Å². The first-order chi connectivity index (χ1) is 29.2. The lowest BCUT2D eigenvalue weighted by atomic mass is 9.96. The van der Waals surface area contributed by atoms with E-state index in [9.17, 15) is 0 Å². The smallest absolute Gasteiger partial charge is 0.0553 e. The molecule has 278 valence electrons. The average Bonchev–Trinajstić information content (AvgIpc) is 3.64. The largest absolute Gasteiger partial charge is 0.317 e. The molecule has 0 bridgehead atoms. The van der Waals surface area contributed by atoms with Gasteiger partial charge in [0.2, 0.25) is 0 Å². The Morgan fingerprint density at radius 1 is 0.339 bits per heavy atom.